The topological polar surface area (TPSA) is 56.2 Å². The molecule has 0 spiro atoms. The third-order valence-corrected chi connectivity index (χ3v) is 1.79. The van der Waals surface area contributed by atoms with Crippen LogP contribution in [0.25, 0.3) is 0 Å². The molecule has 0 fully saturated rings. The Kier molecular flexibility index (Phi) is 2.65. The fourth-order valence-corrected chi connectivity index (χ4v) is 0.886. The predicted molar refractivity (Wildman–Crippen MR) is 45.9 cm³/mol. The van der Waals surface area contributed by atoms with E-state index in [1.165, 1.54) is 6.26 Å². The van der Waals surface area contributed by atoms with E-state index in [1.807, 2.05) is 13.8 Å². The third-order valence-electron chi connectivity index (χ3n) is 1.79. The van der Waals surface area contributed by atoms with E-state index >= 15 is 0 Å². The number of hydrogen-bond acceptors (Lipinski definition) is 3. The van der Waals surface area contributed by atoms with E-state index in [4.69, 9.17) is 10.2 Å². The fraction of sp³-hybridized carbons (Fsp3) is 0.444. The van der Waals surface area contributed by atoms with Crippen LogP contribution in [0.5, 0.6) is 0 Å². The van der Waals surface area contributed by atoms with Crippen LogP contribution in [-0.4, -0.2) is 11.8 Å². The lowest BCUT2D eigenvalue weighted by atomic mass is 10.00. The average molecular weight is 167 g/mol. The van der Waals surface area contributed by atoms with Crippen molar-refractivity contribution >= 4 is 5.78 Å². The molecule has 0 aliphatic rings. The molecule has 0 aliphatic heterocycles. The summed E-state index contributed by atoms with van der Waals surface area (Å²) in [5, 5.41) is 0. The molecule has 0 bridgehead atoms. The molecule has 0 radical (unpaired) electrons. The molecule has 1 aromatic heterocycles. The second-order valence-corrected chi connectivity index (χ2v) is 3.11. The van der Waals surface area contributed by atoms with Gasteiger partial charge in [0.2, 0.25) is 5.78 Å². The Balaban J connectivity index is 2.72. The highest BCUT2D eigenvalue weighted by atomic mass is 16.3. The Bertz CT molecular complexity index is 252. The van der Waals surface area contributed by atoms with E-state index < -0.39 is 6.04 Å². The SMILES string of the molecule is CC(C)[C@H](N)C(=O)c1ccco1. The van der Waals surface area contributed by atoms with E-state index in [0.717, 1.165) is 0 Å². The first-order valence-electron chi connectivity index (χ1n) is 3.96. The smallest absolute Gasteiger partial charge is 0.214 e. The average Bonchev–Trinajstić information content (AvgIpc) is 2.53. The highest BCUT2D eigenvalue weighted by Gasteiger charge is 2.20. The zero-order valence-corrected chi connectivity index (χ0v) is 7.28. The number of nitrogens with two attached hydrogens (primary N) is 1. The second-order valence-electron chi connectivity index (χ2n) is 3.11. The van der Waals surface area contributed by atoms with Gasteiger partial charge in [-0.25, -0.2) is 0 Å². The molecule has 1 aromatic rings. The van der Waals surface area contributed by atoms with Crippen molar-refractivity contribution < 1.29 is 9.21 Å². The Morgan fingerprint density at radius 1 is 1.58 bits per heavy atom. The lowest BCUT2D eigenvalue weighted by molar-refractivity contribution is 0.0913. The number of carbonyl (C=O) groups excluding carboxylic acids is 1. The zero-order chi connectivity index (χ0) is 9.14. The van der Waals surface area contributed by atoms with Gasteiger partial charge in [-0.1, -0.05) is 13.8 Å². The van der Waals surface area contributed by atoms with Crippen molar-refractivity contribution in [1.82, 2.24) is 0 Å². The second kappa shape index (κ2) is 3.54. The van der Waals surface area contributed by atoms with Gasteiger partial charge in [0, 0.05) is 0 Å². The fourth-order valence-electron chi connectivity index (χ4n) is 0.886. The van der Waals surface area contributed by atoms with Gasteiger partial charge in [0.05, 0.1) is 12.3 Å². The molecule has 12 heavy (non-hydrogen) atoms. The number of ketones is 1. The summed E-state index contributed by atoms with van der Waals surface area (Å²) in [6.07, 6.45) is 1.47. The van der Waals surface area contributed by atoms with Crippen LogP contribution < -0.4 is 5.73 Å². The van der Waals surface area contributed by atoms with Gasteiger partial charge < -0.3 is 10.2 Å². The summed E-state index contributed by atoms with van der Waals surface area (Å²) in [4.78, 5) is 11.4. The molecule has 3 heteroatoms. The molecule has 1 heterocycles. The molecular formula is C9H13NO2. The minimum absolute atomic E-state index is 0.130. The molecule has 66 valence electrons. The van der Waals surface area contributed by atoms with Crippen molar-refractivity contribution in [1.29, 1.82) is 0 Å². The van der Waals surface area contributed by atoms with E-state index in [2.05, 4.69) is 0 Å². The molecule has 0 aliphatic carbocycles. The number of rotatable bonds is 3. The molecule has 3 nitrogen and oxygen atoms in total. The van der Waals surface area contributed by atoms with E-state index in [-0.39, 0.29) is 11.7 Å². The van der Waals surface area contributed by atoms with Gasteiger partial charge in [-0.2, -0.15) is 0 Å². The summed E-state index contributed by atoms with van der Waals surface area (Å²) < 4.78 is 4.94. The monoisotopic (exact) mass is 167 g/mol. The van der Waals surface area contributed by atoms with Crippen LogP contribution in [-0.2, 0) is 0 Å². The van der Waals surface area contributed by atoms with Gasteiger partial charge in [0.15, 0.2) is 5.76 Å². The van der Waals surface area contributed by atoms with Crippen molar-refractivity contribution in [2.75, 3.05) is 0 Å². The quantitative estimate of drug-likeness (QED) is 0.693. The van der Waals surface area contributed by atoms with Crippen LogP contribution in [0.1, 0.15) is 24.4 Å². The van der Waals surface area contributed by atoms with Crippen LogP contribution in [0.3, 0.4) is 0 Å². The van der Waals surface area contributed by atoms with Gasteiger partial charge >= 0.3 is 0 Å². The summed E-state index contributed by atoms with van der Waals surface area (Å²) in [6.45, 7) is 3.82. The number of hydrogen-bond donors (Lipinski definition) is 1. The van der Waals surface area contributed by atoms with Gasteiger partial charge in [-0.05, 0) is 18.1 Å². The van der Waals surface area contributed by atoms with Crippen molar-refractivity contribution in [2.45, 2.75) is 19.9 Å². The molecule has 2 N–H and O–H groups in total. The zero-order valence-electron chi connectivity index (χ0n) is 7.28. The van der Waals surface area contributed by atoms with E-state index in [1.54, 1.807) is 12.1 Å². The molecule has 0 unspecified atom stereocenters. The first-order chi connectivity index (χ1) is 5.63. The minimum atomic E-state index is -0.462. The Hall–Kier alpha value is -1.09. The van der Waals surface area contributed by atoms with Crippen LogP contribution in [0.2, 0.25) is 0 Å². The molecular weight excluding hydrogens is 154 g/mol. The maximum atomic E-state index is 11.4. The molecule has 0 saturated heterocycles. The van der Waals surface area contributed by atoms with E-state index in [0.29, 0.717) is 5.76 Å². The van der Waals surface area contributed by atoms with Crippen LogP contribution in [0.4, 0.5) is 0 Å². The maximum Gasteiger partial charge on any atom is 0.214 e. The van der Waals surface area contributed by atoms with Crippen molar-refractivity contribution in [3.8, 4) is 0 Å². The molecule has 0 saturated carbocycles. The Morgan fingerprint density at radius 2 is 2.25 bits per heavy atom. The highest BCUT2D eigenvalue weighted by Crippen LogP contribution is 2.08. The summed E-state index contributed by atoms with van der Waals surface area (Å²) in [6, 6.07) is 2.85. The van der Waals surface area contributed by atoms with Crippen LogP contribution in [0, 0.1) is 5.92 Å². The third kappa shape index (κ3) is 1.74. The van der Waals surface area contributed by atoms with Crippen molar-refractivity contribution in [3.63, 3.8) is 0 Å². The predicted octanol–water partition coefficient (Wildman–Crippen LogP) is 1.45. The first kappa shape index (κ1) is 9.00. The summed E-state index contributed by atoms with van der Waals surface area (Å²) >= 11 is 0. The van der Waals surface area contributed by atoms with Crippen LogP contribution in [0.15, 0.2) is 22.8 Å². The largest absolute Gasteiger partial charge is 0.461 e. The van der Waals surface area contributed by atoms with Crippen LogP contribution >= 0.6 is 0 Å². The normalized spacial score (nSPS) is 13.3. The molecule has 1 rings (SSSR count). The number of carbonyl (C=O) groups is 1. The first-order valence-corrected chi connectivity index (χ1v) is 3.96. The maximum absolute atomic E-state index is 11.4. The standard InChI is InChI=1S/C9H13NO2/c1-6(2)8(10)9(11)7-4-3-5-12-7/h3-6,8H,10H2,1-2H3/t8-/m0/s1. The number of furan rings is 1. The van der Waals surface area contributed by atoms with Gasteiger partial charge in [-0.3, -0.25) is 4.79 Å². The molecule has 1 atom stereocenters. The lowest BCUT2D eigenvalue weighted by Crippen LogP contribution is -2.35. The van der Waals surface area contributed by atoms with Crippen molar-refractivity contribution in [2.24, 2.45) is 11.7 Å². The number of Topliss-reactive ketones (excluding diaryl/α,β-unsaturated/α-hetero) is 1. The summed E-state index contributed by atoms with van der Waals surface area (Å²) in [7, 11) is 0. The van der Waals surface area contributed by atoms with Gasteiger partial charge in [0.1, 0.15) is 0 Å². The summed E-state index contributed by atoms with van der Waals surface area (Å²) in [5.41, 5.74) is 5.64. The summed E-state index contributed by atoms with van der Waals surface area (Å²) in [5.74, 6) is 0.355. The van der Waals surface area contributed by atoms with E-state index in [9.17, 15) is 4.79 Å². The Labute approximate surface area is 71.6 Å². The Morgan fingerprint density at radius 3 is 2.67 bits per heavy atom. The van der Waals surface area contributed by atoms with Gasteiger partial charge in [0.25, 0.3) is 0 Å². The molecule has 0 amide bonds. The lowest BCUT2D eigenvalue weighted by Gasteiger charge is -2.11. The van der Waals surface area contributed by atoms with Gasteiger partial charge in [-0.15, -0.1) is 0 Å². The minimum Gasteiger partial charge on any atom is -0.461 e. The van der Waals surface area contributed by atoms with Crippen molar-refractivity contribution in [3.05, 3.63) is 24.2 Å². The molecule has 0 aromatic carbocycles. The highest BCUT2D eigenvalue weighted by molar-refractivity contribution is 5.97.